The van der Waals surface area contributed by atoms with Crippen molar-refractivity contribution in [2.24, 2.45) is 0 Å². The van der Waals surface area contributed by atoms with Crippen LogP contribution in [-0.2, 0) is 0 Å². The molecular weight excluding hydrogens is 212 g/mol. The zero-order valence-electron chi connectivity index (χ0n) is 8.36. The first-order valence-corrected chi connectivity index (χ1v) is 5.54. The van der Waals surface area contributed by atoms with Crippen LogP contribution in [0.5, 0.6) is 0 Å². The molecule has 2 aromatic rings. The predicted octanol–water partition coefficient (Wildman–Crippen LogP) is 2.16. The summed E-state index contributed by atoms with van der Waals surface area (Å²) in [5.74, 6) is 1.61. The van der Waals surface area contributed by atoms with Crippen LogP contribution in [0.15, 0.2) is 24.5 Å². The maximum Gasteiger partial charge on any atom is 0.157 e. The number of alkyl halides is 1. The van der Waals surface area contributed by atoms with Gasteiger partial charge in [-0.05, 0) is 18.9 Å². The summed E-state index contributed by atoms with van der Waals surface area (Å²) in [6.07, 6.45) is 5.73. The van der Waals surface area contributed by atoms with Crippen LogP contribution >= 0.6 is 11.6 Å². The van der Waals surface area contributed by atoms with Crippen molar-refractivity contribution in [3.05, 3.63) is 24.5 Å². The Bertz CT molecular complexity index is 426. The lowest BCUT2D eigenvalue weighted by molar-refractivity contribution is 0.834. The van der Waals surface area contributed by atoms with Crippen molar-refractivity contribution in [1.29, 1.82) is 0 Å². The van der Waals surface area contributed by atoms with Crippen molar-refractivity contribution in [2.45, 2.75) is 12.8 Å². The van der Waals surface area contributed by atoms with Crippen LogP contribution < -0.4 is 5.32 Å². The second-order valence-electron chi connectivity index (χ2n) is 3.27. The van der Waals surface area contributed by atoms with Gasteiger partial charge in [0, 0.05) is 24.7 Å². The highest BCUT2D eigenvalue weighted by molar-refractivity contribution is 6.17. The first-order valence-electron chi connectivity index (χ1n) is 5.00. The number of nitrogens with zero attached hydrogens (tertiary/aromatic N) is 3. The van der Waals surface area contributed by atoms with Gasteiger partial charge in [-0.3, -0.25) is 0 Å². The number of rotatable bonds is 5. The minimum absolute atomic E-state index is 0.719. The van der Waals surface area contributed by atoms with E-state index in [9.17, 15) is 0 Å². The molecule has 0 fully saturated rings. The molecule has 0 spiro atoms. The highest BCUT2D eigenvalue weighted by Crippen LogP contribution is 2.05. The van der Waals surface area contributed by atoms with Crippen LogP contribution in [0.3, 0.4) is 0 Å². The first kappa shape index (κ1) is 10.2. The van der Waals surface area contributed by atoms with Crippen molar-refractivity contribution in [3.63, 3.8) is 0 Å². The van der Waals surface area contributed by atoms with Gasteiger partial charge in [-0.15, -0.1) is 11.6 Å². The van der Waals surface area contributed by atoms with Crippen molar-refractivity contribution in [2.75, 3.05) is 17.7 Å². The van der Waals surface area contributed by atoms with Crippen molar-refractivity contribution in [1.82, 2.24) is 14.6 Å². The zero-order valence-corrected chi connectivity index (χ0v) is 9.11. The van der Waals surface area contributed by atoms with Gasteiger partial charge in [0.05, 0.1) is 6.20 Å². The minimum Gasteiger partial charge on any atom is -0.370 e. The Hall–Kier alpha value is -1.29. The van der Waals surface area contributed by atoms with Gasteiger partial charge in [0.25, 0.3) is 0 Å². The van der Waals surface area contributed by atoms with Crippen molar-refractivity contribution >= 4 is 23.1 Å². The topological polar surface area (TPSA) is 42.2 Å². The summed E-state index contributed by atoms with van der Waals surface area (Å²) < 4.78 is 1.74. The summed E-state index contributed by atoms with van der Waals surface area (Å²) in [5.41, 5.74) is 0.859. The van der Waals surface area contributed by atoms with Gasteiger partial charge in [0.1, 0.15) is 5.82 Å². The molecular formula is C10H13ClN4. The van der Waals surface area contributed by atoms with Crippen LogP contribution in [0.25, 0.3) is 5.65 Å². The monoisotopic (exact) mass is 224 g/mol. The van der Waals surface area contributed by atoms with Gasteiger partial charge in [-0.25, -0.2) is 9.50 Å². The third kappa shape index (κ3) is 2.59. The van der Waals surface area contributed by atoms with E-state index in [1.54, 1.807) is 10.7 Å². The first-order chi connectivity index (χ1) is 7.40. The maximum atomic E-state index is 5.59. The lowest BCUT2D eigenvalue weighted by atomic mass is 10.3. The average molecular weight is 225 g/mol. The Balaban J connectivity index is 1.96. The SMILES string of the molecule is ClCCCCNc1ccn2nccc2n1. The summed E-state index contributed by atoms with van der Waals surface area (Å²) >= 11 is 5.59. The Morgan fingerprint density at radius 1 is 1.33 bits per heavy atom. The predicted molar refractivity (Wildman–Crippen MR) is 61.4 cm³/mol. The van der Waals surface area contributed by atoms with Crippen molar-refractivity contribution in [3.8, 4) is 0 Å². The fourth-order valence-corrected chi connectivity index (χ4v) is 1.54. The number of halogens is 1. The lowest BCUT2D eigenvalue weighted by Gasteiger charge is -2.04. The van der Waals surface area contributed by atoms with Gasteiger partial charge in [-0.1, -0.05) is 0 Å². The number of hydrogen-bond acceptors (Lipinski definition) is 3. The lowest BCUT2D eigenvalue weighted by Crippen LogP contribution is -2.04. The van der Waals surface area contributed by atoms with E-state index in [-0.39, 0.29) is 0 Å². The Morgan fingerprint density at radius 3 is 3.13 bits per heavy atom. The van der Waals surface area contributed by atoms with Gasteiger partial charge in [0.2, 0.25) is 0 Å². The highest BCUT2D eigenvalue weighted by atomic mass is 35.5. The summed E-state index contributed by atoms with van der Waals surface area (Å²) in [6.45, 7) is 0.907. The molecule has 2 rings (SSSR count). The van der Waals surface area contributed by atoms with E-state index >= 15 is 0 Å². The molecule has 0 aliphatic carbocycles. The molecule has 0 atom stereocenters. The fourth-order valence-electron chi connectivity index (χ4n) is 1.35. The summed E-state index contributed by atoms with van der Waals surface area (Å²) in [6, 6.07) is 3.80. The largest absolute Gasteiger partial charge is 0.370 e. The number of unbranched alkanes of at least 4 members (excludes halogenated alkanes) is 1. The van der Waals surface area contributed by atoms with E-state index in [0.29, 0.717) is 0 Å². The molecule has 15 heavy (non-hydrogen) atoms. The molecule has 0 aromatic carbocycles. The van der Waals surface area contributed by atoms with E-state index in [0.717, 1.165) is 36.7 Å². The van der Waals surface area contributed by atoms with Crippen LogP contribution in [-0.4, -0.2) is 27.0 Å². The van der Waals surface area contributed by atoms with E-state index in [1.165, 1.54) is 0 Å². The summed E-state index contributed by atoms with van der Waals surface area (Å²) in [5, 5.41) is 7.33. The number of anilines is 1. The van der Waals surface area contributed by atoms with E-state index in [2.05, 4.69) is 15.4 Å². The minimum atomic E-state index is 0.719. The smallest absolute Gasteiger partial charge is 0.157 e. The van der Waals surface area contributed by atoms with E-state index in [4.69, 9.17) is 11.6 Å². The van der Waals surface area contributed by atoms with Gasteiger partial charge in [-0.2, -0.15) is 5.10 Å². The third-order valence-electron chi connectivity index (χ3n) is 2.12. The van der Waals surface area contributed by atoms with E-state index < -0.39 is 0 Å². The van der Waals surface area contributed by atoms with Crippen LogP contribution in [0.1, 0.15) is 12.8 Å². The molecule has 0 radical (unpaired) electrons. The molecule has 2 heterocycles. The molecule has 0 saturated heterocycles. The molecule has 0 saturated carbocycles. The van der Waals surface area contributed by atoms with Gasteiger partial charge < -0.3 is 5.32 Å². The third-order valence-corrected chi connectivity index (χ3v) is 2.39. The molecule has 80 valence electrons. The van der Waals surface area contributed by atoms with Crippen LogP contribution in [0, 0.1) is 0 Å². The van der Waals surface area contributed by atoms with Crippen LogP contribution in [0.2, 0.25) is 0 Å². The number of aromatic nitrogens is 3. The molecule has 4 nitrogen and oxygen atoms in total. The second-order valence-corrected chi connectivity index (χ2v) is 3.65. The Kier molecular flexibility index (Phi) is 3.40. The Labute approximate surface area is 93.3 Å². The molecule has 1 N–H and O–H groups in total. The van der Waals surface area contributed by atoms with Gasteiger partial charge in [0.15, 0.2) is 5.65 Å². The maximum absolute atomic E-state index is 5.59. The molecule has 0 unspecified atom stereocenters. The normalized spacial score (nSPS) is 10.7. The molecule has 0 amide bonds. The molecule has 0 aliphatic rings. The van der Waals surface area contributed by atoms with Crippen molar-refractivity contribution < 1.29 is 0 Å². The summed E-state index contributed by atoms with van der Waals surface area (Å²) in [7, 11) is 0. The van der Waals surface area contributed by atoms with E-state index in [1.807, 2.05) is 18.3 Å². The molecule has 0 bridgehead atoms. The molecule has 5 heteroatoms. The quantitative estimate of drug-likeness (QED) is 0.625. The number of nitrogens with one attached hydrogen (secondary N) is 1. The Morgan fingerprint density at radius 2 is 2.27 bits per heavy atom. The standard InChI is InChI=1S/C10H13ClN4/c11-5-1-2-6-12-9-4-8-15-10(14-9)3-7-13-15/h3-4,7-8H,1-2,5-6H2,(H,12,14). The second kappa shape index (κ2) is 4.98. The molecule has 2 aromatic heterocycles. The van der Waals surface area contributed by atoms with Crippen LogP contribution in [0.4, 0.5) is 5.82 Å². The highest BCUT2D eigenvalue weighted by Gasteiger charge is 1.97. The fraction of sp³-hybridized carbons (Fsp3) is 0.400. The zero-order chi connectivity index (χ0) is 10.5. The molecule has 0 aliphatic heterocycles. The number of fused-ring (bicyclic) bond motifs is 1. The average Bonchev–Trinajstić information content (AvgIpc) is 2.71. The number of hydrogen-bond donors (Lipinski definition) is 1. The van der Waals surface area contributed by atoms with Gasteiger partial charge >= 0.3 is 0 Å². The summed E-state index contributed by atoms with van der Waals surface area (Å²) in [4.78, 5) is 4.39.